The zero-order valence-electron chi connectivity index (χ0n) is 10.8. The van der Waals surface area contributed by atoms with Gasteiger partial charge in [-0.1, -0.05) is 5.10 Å². The summed E-state index contributed by atoms with van der Waals surface area (Å²) in [5, 5.41) is 8.66. The molecule has 1 unspecified atom stereocenters. The highest BCUT2D eigenvalue weighted by Gasteiger charge is 2.40. The Bertz CT molecular complexity index is 798. The number of thiophene rings is 1. The van der Waals surface area contributed by atoms with Gasteiger partial charge in [-0.15, -0.1) is 16.4 Å². The zero-order chi connectivity index (χ0) is 15.2. The molecular formula is C11H10ClN3O4S2. The third-order valence-corrected chi connectivity index (χ3v) is 6.06. The first-order chi connectivity index (χ1) is 9.86. The lowest BCUT2D eigenvalue weighted by Gasteiger charge is -2.09. The van der Waals surface area contributed by atoms with Crippen molar-refractivity contribution >= 4 is 43.0 Å². The van der Waals surface area contributed by atoms with Crippen LogP contribution < -0.4 is 4.90 Å². The lowest BCUT2D eigenvalue weighted by Crippen LogP contribution is -2.27. The van der Waals surface area contributed by atoms with Gasteiger partial charge in [0.2, 0.25) is 15.0 Å². The Balaban J connectivity index is 1.88. The van der Waals surface area contributed by atoms with E-state index in [1.54, 1.807) is 0 Å². The van der Waals surface area contributed by atoms with Crippen LogP contribution in [-0.2, 0) is 13.8 Å². The number of nitrogens with zero attached hydrogens (tertiary/aromatic N) is 3. The monoisotopic (exact) mass is 347 g/mol. The van der Waals surface area contributed by atoms with Crippen LogP contribution in [0.4, 0.5) is 6.01 Å². The van der Waals surface area contributed by atoms with Crippen LogP contribution in [0.25, 0.3) is 10.8 Å². The van der Waals surface area contributed by atoms with Crippen molar-refractivity contribution in [2.24, 2.45) is 0 Å². The second-order valence-electron chi connectivity index (χ2n) is 4.63. The summed E-state index contributed by atoms with van der Waals surface area (Å²) in [4.78, 5) is 13.9. The lowest BCUT2D eigenvalue weighted by atomic mass is 10.3. The Morgan fingerprint density at radius 2 is 2.24 bits per heavy atom. The Morgan fingerprint density at radius 3 is 2.81 bits per heavy atom. The van der Waals surface area contributed by atoms with Gasteiger partial charge in [0, 0.05) is 23.6 Å². The second kappa shape index (κ2) is 5.08. The van der Waals surface area contributed by atoms with Crippen molar-refractivity contribution in [3.8, 4) is 10.8 Å². The molecule has 1 atom stereocenters. The number of hydrogen-bond donors (Lipinski definition) is 0. The Morgan fingerprint density at radius 1 is 1.48 bits per heavy atom. The number of aromatic nitrogens is 2. The van der Waals surface area contributed by atoms with Gasteiger partial charge in [0.25, 0.3) is 5.89 Å². The molecule has 1 amide bonds. The van der Waals surface area contributed by atoms with Crippen molar-refractivity contribution in [2.45, 2.75) is 18.6 Å². The van der Waals surface area contributed by atoms with Crippen LogP contribution in [-0.4, -0.2) is 36.3 Å². The summed E-state index contributed by atoms with van der Waals surface area (Å²) >= 11 is 1.45. The third-order valence-electron chi connectivity index (χ3n) is 3.19. The summed E-state index contributed by atoms with van der Waals surface area (Å²) in [5.41, 5.74) is 0.990. The van der Waals surface area contributed by atoms with Gasteiger partial charge in [-0.25, -0.2) is 8.42 Å². The predicted molar refractivity (Wildman–Crippen MR) is 77.9 cm³/mol. The minimum absolute atomic E-state index is 0.00869. The van der Waals surface area contributed by atoms with Crippen LogP contribution in [0.1, 0.15) is 12.0 Å². The fraction of sp³-hybridized carbons (Fsp3) is 0.364. The minimum Gasteiger partial charge on any atom is -0.402 e. The predicted octanol–water partition coefficient (Wildman–Crippen LogP) is 1.78. The van der Waals surface area contributed by atoms with Gasteiger partial charge in [-0.2, -0.15) is 0 Å². The van der Waals surface area contributed by atoms with E-state index in [0.29, 0.717) is 5.89 Å². The molecule has 0 aliphatic carbocycles. The molecule has 2 aromatic rings. The fourth-order valence-corrected chi connectivity index (χ4v) is 3.93. The minimum atomic E-state index is -3.80. The molecule has 2 aromatic heterocycles. The third kappa shape index (κ3) is 2.68. The van der Waals surface area contributed by atoms with E-state index in [1.165, 1.54) is 11.3 Å². The fourth-order valence-electron chi connectivity index (χ4n) is 2.06. The van der Waals surface area contributed by atoms with E-state index in [2.05, 4.69) is 10.2 Å². The molecule has 0 saturated carbocycles. The number of rotatable bonds is 3. The molecule has 1 saturated heterocycles. The maximum absolute atomic E-state index is 11.9. The largest absolute Gasteiger partial charge is 0.402 e. The zero-order valence-corrected chi connectivity index (χ0v) is 13.2. The highest BCUT2D eigenvalue weighted by Crippen LogP contribution is 2.31. The van der Waals surface area contributed by atoms with Gasteiger partial charge in [0.15, 0.2) is 0 Å². The summed E-state index contributed by atoms with van der Waals surface area (Å²) in [5.74, 6) is -0.0928. The molecule has 0 radical (unpaired) electrons. The van der Waals surface area contributed by atoms with Crippen molar-refractivity contribution in [3.63, 3.8) is 0 Å². The molecule has 3 heterocycles. The molecule has 0 aromatic carbocycles. The number of hydrogen-bond acceptors (Lipinski definition) is 7. The lowest BCUT2D eigenvalue weighted by molar-refractivity contribution is -0.117. The molecule has 1 fully saturated rings. The number of carbonyl (C=O) groups is 1. The SMILES string of the molecule is Cc1ccsc1-c1nnc(N2CC(S(=O)(=O)Cl)CC2=O)o1. The van der Waals surface area contributed by atoms with Crippen LogP contribution in [0.15, 0.2) is 15.9 Å². The molecule has 3 rings (SSSR count). The van der Waals surface area contributed by atoms with E-state index >= 15 is 0 Å². The Labute approximate surface area is 129 Å². The maximum Gasteiger partial charge on any atom is 0.325 e. The molecule has 0 N–H and O–H groups in total. The first-order valence-electron chi connectivity index (χ1n) is 5.98. The molecule has 1 aliphatic heterocycles. The average Bonchev–Trinajstić information content (AvgIpc) is 3.06. The normalized spacial score (nSPS) is 19.4. The first kappa shape index (κ1) is 14.5. The molecule has 21 heavy (non-hydrogen) atoms. The summed E-state index contributed by atoms with van der Waals surface area (Å²) in [7, 11) is 1.50. The van der Waals surface area contributed by atoms with Crippen molar-refractivity contribution < 1.29 is 17.6 Å². The van der Waals surface area contributed by atoms with Crippen LogP contribution in [0.3, 0.4) is 0 Å². The summed E-state index contributed by atoms with van der Waals surface area (Å²) in [6, 6.07) is 1.91. The number of amides is 1. The van der Waals surface area contributed by atoms with Gasteiger partial charge >= 0.3 is 6.01 Å². The Kier molecular flexibility index (Phi) is 3.50. The van der Waals surface area contributed by atoms with Crippen LogP contribution in [0, 0.1) is 6.92 Å². The second-order valence-corrected chi connectivity index (χ2v) is 8.45. The van der Waals surface area contributed by atoms with E-state index < -0.39 is 20.2 Å². The molecule has 112 valence electrons. The quantitative estimate of drug-likeness (QED) is 0.786. The standard InChI is InChI=1S/C11H10ClN3O4S2/c1-6-2-3-20-9(6)10-13-14-11(19-10)15-5-7(4-8(15)16)21(12,17)18/h2-3,7H,4-5H2,1H3. The highest BCUT2D eigenvalue weighted by molar-refractivity contribution is 8.14. The number of halogens is 1. The van der Waals surface area contributed by atoms with Crippen LogP contribution in [0.5, 0.6) is 0 Å². The van der Waals surface area contributed by atoms with Crippen molar-refractivity contribution in [1.82, 2.24) is 10.2 Å². The van der Waals surface area contributed by atoms with Crippen LogP contribution >= 0.6 is 22.0 Å². The molecule has 1 aliphatic rings. The van der Waals surface area contributed by atoms with Gasteiger partial charge in [0.05, 0.1) is 4.88 Å². The smallest absolute Gasteiger partial charge is 0.325 e. The molecular weight excluding hydrogens is 338 g/mol. The van der Waals surface area contributed by atoms with Crippen LogP contribution in [0.2, 0.25) is 0 Å². The number of anilines is 1. The molecule has 0 bridgehead atoms. The Hall–Kier alpha value is -1.45. The summed E-state index contributed by atoms with van der Waals surface area (Å²) in [6.45, 7) is 1.84. The number of aryl methyl sites for hydroxylation is 1. The first-order valence-corrected chi connectivity index (χ1v) is 9.23. The molecule has 7 nitrogen and oxygen atoms in total. The molecule has 0 spiro atoms. The van der Waals surface area contributed by atoms with Crippen molar-refractivity contribution in [3.05, 3.63) is 17.0 Å². The summed E-state index contributed by atoms with van der Waals surface area (Å²) in [6.07, 6.45) is -0.179. The summed E-state index contributed by atoms with van der Waals surface area (Å²) < 4.78 is 28.1. The highest BCUT2D eigenvalue weighted by atomic mass is 35.7. The molecule has 10 heteroatoms. The van der Waals surface area contributed by atoms with E-state index in [4.69, 9.17) is 15.1 Å². The van der Waals surface area contributed by atoms with E-state index in [9.17, 15) is 13.2 Å². The van der Waals surface area contributed by atoms with Gasteiger partial charge in [-0.05, 0) is 23.9 Å². The van der Waals surface area contributed by atoms with Gasteiger partial charge < -0.3 is 4.42 Å². The van der Waals surface area contributed by atoms with Crippen molar-refractivity contribution in [1.29, 1.82) is 0 Å². The van der Waals surface area contributed by atoms with E-state index in [-0.39, 0.29) is 19.0 Å². The van der Waals surface area contributed by atoms with Gasteiger partial charge in [0.1, 0.15) is 5.25 Å². The van der Waals surface area contributed by atoms with Crippen molar-refractivity contribution in [2.75, 3.05) is 11.4 Å². The number of carbonyl (C=O) groups excluding carboxylic acids is 1. The average molecular weight is 348 g/mol. The van der Waals surface area contributed by atoms with E-state index in [0.717, 1.165) is 15.3 Å². The maximum atomic E-state index is 11.9. The van der Waals surface area contributed by atoms with E-state index in [1.807, 2.05) is 18.4 Å². The topological polar surface area (TPSA) is 93.4 Å². The van der Waals surface area contributed by atoms with Gasteiger partial charge in [-0.3, -0.25) is 9.69 Å².